The fourth-order valence-corrected chi connectivity index (χ4v) is 2.93. The molecule has 3 N–H and O–H groups in total. The minimum Gasteiger partial charge on any atom is -0.360 e. The van der Waals surface area contributed by atoms with Gasteiger partial charge in [0, 0.05) is 26.0 Å². The molecule has 7 nitrogen and oxygen atoms in total. The van der Waals surface area contributed by atoms with Crippen LogP contribution in [0.15, 0.2) is 46.5 Å². The summed E-state index contributed by atoms with van der Waals surface area (Å²) in [5.74, 6) is 0. The Kier molecular flexibility index (Phi) is 5.71. The van der Waals surface area contributed by atoms with Crippen LogP contribution in [0.2, 0.25) is 0 Å². The minimum atomic E-state index is -3.50. The average molecular weight is 365 g/mol. The lowest BCUT2D eigenvalue weighted by molar-refractivity contribution is 0.521. The van der Waals surface area contributed by atoms with E-state index >= 15 is 0 Å². The Morgan fingerprint density at radius 2 is 2.08 bits per heavy atom. The van der Waals surface area contributed by atoms with Crippen LogP contribution in [0.25, 0.3) is 0 Å². The number of rotatable bonds is 5. The van der Waals surface area contributed by atoms with Gasteiger partial charge in [-0.3, -0.25) is 5.43 Å². The van der Waals surface area contributed by atoms with Crippen molar-refractivity contribution in [2.24, 2.45) is 5.10 Å². The first-order valence-corrected chi connectivity index (χ1v) is 8.92. The summed E-state index contributed by atoms with van der Waals surface area (Å²) in [5, 5.41) is 7.22. The molecule has 0 fully saturated rings. The van der Waals surface area contributed by atoms with Crippen molar-refractivity contribution in [2.45, 2.75) is 11.8 Å². The second kappa shape index (κ2) is 7.56. The lowest BCUT2D eigenvalue weighted by Crippen LogP contribution is -2.25. The molecule has 0 aliphatic carbocycles. The van der Waals surface area contributed by atoms with Crippen LogP contribution >= 0.6 is 12.2 Å². The van der Waals surface area contributed by atoms with Crippen LogP contribution in [0.4, 0.5) is 5.69 Å². The van der Waals surface area contributed by atoms with Gasteiger partial charge in [0.15, 0.2) is 5.11 Å². The second-order valence-corrected chi connectivity index (χ2v) is 7.77. The Morgan fingerprint density at radius 1 is 1.33 bits per heavy atom. The lowest BCUT2D eigenvalue weighted by atomic mass is 10.2. The predicted octanol–water partition coefficient (Wildman–Crippen LogP) is 1.89. The summed E-state index contributed by atoms with van der Waals surface area (Å²) in [5.41, 5.74) is 4.99. The fraction of sp³-hybridized carbons (Fsp3) is 0.200. The molecule has 0 aliphatic heterocycles. The van der Waals surface area contributed by atoms with E-state index in [1.807, 2.05) is 19.1 Å². The Morgan fingerprint density at radius 3 is 2.71 bits per heavy atom. The number of hydrogen-bond acceptors (Lipinski definition) is 4. The largest absolute Gasteiger partial charge is 0.360 e. The van der Waals surface area contributed by atoms with Crippen LogP contribution in [0.3, 0.4) is 0 Å². The third-order valence-electron chi connectivity index (χ3n) is 3.23. The van der Waals surface area contributed by atoms with Gasteiger partial charge in [-0.1, -0.05) is 6.07 Å². The highest BCUT2D eigenvalue weighted by Crippen LogP contribution is 2.21. The van der Waals surface area contributed by atoms with Gasteiger partial charge in [-0.25, -0.2) is 12.7 Å². The first kappa shape index (κ1) is 18.1. The van der Waals surface area contributed by atoms with Crippen molar-refractivity contribution >= 4 is 39.3 Å². The topological polar surface area (TPSA) is 89.6 Å². The van der Waals surface area contributed by atoms with Crippen molar-refractivity contribution < 1.29 is 8.42 Å². The summed E-state index contributed by atoms with van der Waals surface area (Å²) >= 11 is 5.17. The highest BCUT2D eigenvalue weighted by Gasteiger charge is 2.18. The molecule has 128 valence electrons. The molecule has 0 unspecified atom stereocenters. The van der Waals surface area contributed by atoms with Gasteiger partial charge in [0.1, 0.15) is 0 Å². The van der Waals surface area contributed by atoms with Crippen LogP contribution in [0.5, 0.6) is 0 Å². The molecule has 0 spiro atoms. The molecule has 0 saturated carbocycles. The monoisotopic (exact) mass is 365 g/mol. The van der Waals surface area contributed by atoms with E-state index in [1.54, 1.807) is 30.6 Å². The molecule has 2 rings (SSSR count). The number of hydrogen-bond donors (Lipinski definition) is 3. The number of H-pyrrole nitrogens is 1. The Bertz CT molecular complexity index is 843. The molecule has 0 aliphatic rings. The van der Waals surface area contributed by atoms with Gasteiger partial charge in [0.25, 0.3) is 0 Å². The Labute approximate surface area is 146 Å². The Balaban J connectivity index is 2.10. The van der Waals surface area contributed by atoms with Crippen molar-refractivity contribution in [3.8, 4) is 0 Å². The van der Waals surface area contributed by atoms with Crippen LogP contribution < -0.4 is 10.7 Å². The number of nitrogens with zero attached hydrogens (tertiary/aromatic N) is 2. The van der Waals surface area contributed by atoms with E-state index in [-0.39, 0.29) is 10.0 Å². The zero-order valence-electron chi connectivity index (χ0n) is 13.6. The van der Waals surface area contributed by atoms with Crippen LogP contribution in [0.1, 0.15) is 11.3 Å². The summed E-state index contributed by atoms with van der Waals surface area (Å²) in [6.07, 6.45) is 3.38. The molecule has 0 saturated heterocycles. The summed E-state index contributed by atoms with van der Waals surface area (Å²) in [4.78, 5) is 3.17. The van der Waals surface area contributed by atoms with E-state index in [9.17, 15) is 8.42 Å². The molecule has 0 radical (unpaired) electrons. The van der Waals surface area contributed by atoms with Gasteiger partial charge in [-0.15, -0.1) is 0 Å². The number of benzene rings is 1. The van der Waals surface area contributed by atoms with Crippen molar-refractivity contribution in [2.75, 3.05) is 19.4 Å². The first-order valence-electron chi connectivity index (χ1n) is 7.07. The number of hydrazone groups is 1. The van der Waals surface area contributed by atoms with E-state index < -0.39 is 10.0 Å². The van der Waals surface area contributed by atoms with Crippen molar-refractivity contribution in [1.29, 1.82) is 0 Å². The molecular weight excluding hydrogens is 346 g/mol. The van der Waals surface area contributed by atoms with E-state index in [2.05, 4.69) is 20.8 Å². The summed E-state index contributed by atoms with van der Waals surface area (Å²) < 4.78 is 25.6. The highest BCUT2D eigenvalue weighted by molar-refractivity contribution is 7.89. The molecule has 0 bridgehead atoms. The van der Waals surface area contributed by atoms with Gasteiger partial charge in [0.2, 0.25) is 10.0 Å². The minimum absolute atomic E-state index is 0.193. The number of sulfonamides is 1. The van der Waals surface area contributed by atoms with E-state index in [1.165, 1.54) is 18.4 Å². The zero-order valence-corrected chi connectivity index (χ0v) is 15.2. The third kappa shape index (κ3) is 4.40. The molecule has 1 heterocycles. The molecule has 9 heteroatoms. The number of aromatic amines is 1. The standard InChI is InChI=1S/C15H19N5O2S2/c1-11-6-7-13(24(21,22)20(2)3)9-14(11)18-15(23)19-17-10-12-5-4-8-16-12/h4-10,16H,1-3H3,(H2,18,19,23). The van der Waals surface area contributed by atoms with Crippen LogP contribution in [-0.4, -0.2) is 43.1 Å². The number of aryl methyl sites for hydroxylation is 1. The maximum absolute atomic E-state index is 12.2. The summed E-state index contributed by atoms with van der Waals surface area (Å²) in [6, 6.07) is 8.56. The number of nitrogens with one attached hydrogen (secondary N) is 3. The first-order chi connectivity index (χ1) is 11.3. The van der Waals surface area contributed by atoms with Crippen molar-refractivity contribution in [3.63, 3.8) is 0 Å². The fourth-order valence-electron chi connectivity index (χ4n) is 1.84. The quantitative estimate of drug-likeness (QED) is 0.428. The maximum atomic E-state index is 12.2. The van der Waals surface area contributed by atoms with E-state index in [4.69, 9.17) is 12.2 Å². The Hall–Kier alpha value is -2.23. The van der Waals surface area contributed by atoms with Crippen molar-refractivity contribution in [1.82, 2.24) is 14.7 Å². The predicted molar refractivity (Wildman–Crippen MR) is 99.8 cm³/mol. The van der Waals surface area contributed by atoms with Gasteiger partial charge in [-0.2, -0.15) is 5.10 Å². The normalized spacial score (nSPS) is 11.8. The average Bonchev–Trinajstić information content (AvgIpc) is 3.02. The molecule has 2 aromatic rings. The van der Waals surface area contributed by atoms with Gasteiger partial charge in [0.05, 0.1) is 16.8 Å². The summed E-state index contributed by atoms with van der Waals surface area (Å²) in [7, 11) is -0.523. The molecule has 1 aromatic carbocycles. The van der Waals surface area contributed by atoms with E-state index in [0.29, 0.717) is 5.69 Å². The molecule has 0 amide bonds. The molecule has 1 aromatic heterocycles. The van der Waals surface area contributed by atoms with Gasteiger partial charge in [-0.05, 0) is 49.0 Å². The molecule has 24 heavy (non-hydrogen) atoms. The van der Waals surface area contributed by atoms with Gasteiger partial charge >= 0.3 is 0 Å². The lowest BCUT2D eigenvalue weighted by Gasteiger charge is -2.15. The number of anilines is 1. The summed E-state index contributed by atoms with van der Waals surface area (Å²) in [6.45, 7) is 1.86. The number of aromatic nitrogens is 1. The highest BCUT2D eigenvalue weighted by atomic mass is 32.2. The molecular formula is C15H19N5O2S2. The third-order valence-corrected chi connectivity index (χ3v) is 5.23. The van der Waals surface area contributed by atoms with E-state index in [0.717, 1.165) is 11.3 Å². The van der Waals surface area contributed by atoms with Gasteiger partial charge < -0.3 is 10.3 Å². The maximum Gasteiger partial charge on any atom is 0.242 e. The SMILES string of the molecule is Cc1ccc(S(=O)(=O)N(C)C)cc1NC(=S)NN=Cc1ccc[nH]1. The van der Waals surface area contributed by atoms with Crippen LogP contribution in [-0.2, 0) is 10.0 Å². The second-order valence-electron chi connectivity index (χ2n) is 5.21. The zero-order chi connectivity index (χ0) is 17.7. The van der Waals surface area contributed by atoms with Crippen LogP contribution in [0, 0.1) is 6.92 Å². The molecule has 0 atom stereocenters. The number of thiocarbonyl (C=S) groups is 1. The smallest absolute Gasteiger partial charge is 0.242 e. The van der Waals surface area contributed by atoms with Crippen molar-refractivity contribution in [3.05, 3.63) is 47.8 Å².